The third-order valence-corrected chi connectivity index (χ3v) is 3.03. The fraction of sp³-hybridized carbons (Fsp3) is 0.357. The molecule has 1 aromatic heterocycles. The van der Waals surface area contributed by atoms with Crippen LogP contribution >= 0.6 is 15.9 Å². The normalized spacial score (nSPS) is 10.9. The molecule has 0 aliphatic heterocycles. The molecule has 2 rings (SSSR count). The van der Waals surface area contributed by atoms with E-state index in [1.54, 1.807) is 0 Å². The Labute approximate surface area is 116 Å². The Morgan fingerprint density at radius 2 is 2.17 bits per heavy atom. The summed E-state index contributed by atoms with van der Waals surface area (Å²) < 4.78 is 3.23. The number of halogens is 1. The number of anilines is 2. The summed E-state index contributed by atoms with van der Waals surface area (Å²) in [5, 5.41) is 3.36. The van der Waals surface area contributed by atoms with Crippen LogP contribution in [0.3, 0.4) is 0 Å². The average molecular weight is 308 g/mol. The molecule has 1 heterocycles. The van der Waals surface area contributed by atoms with Gasteiger partial charge in [-0.25, -0.2) is 4.98 Å². The monoisotopic (exact) mass is 307 g/mol. The highest BCUT2D eigenvalue weighted by Gasteiger charge is 2.07. The van der Waals surface area contributed by atoms with E-state index in [-0.39, 0.29) is 0 Å². The van der Waals surface area contributed by atoms with Crippen LogP contribution in [0.15, 0.2) is 34.9 Å². The van der Waals surface area contributed by atoms with Gasteiger partial charge in [0.2, 0.25) is 5.95 Å². The van der Waals surface area contributed by atoms with E-state index in [1.165, 1.54) is 0 Å². The molecule has 0 unspecified atom stereocenters. The van der Waals surface area contributed by atoms with Crippen molar-refractivity contribution in [2.24, 2.45) is 5.92 Å². The minimum atomic E-state index is 0.599. The number of hydrogen-bond acceptors (Lipinski definition) is 2. The third kappa shape index (κ3) is 3.35. The Morgan fingerprint density at radius 3 is 2.83 bits per heavy atom. The number of benzene rings is 1. The lowest BCUT2D eigenvalue weighted by Gasteiger charge is -2.11. The first-order chi connectivity index (χ1) is 8.54. The van der Waals surface area contributed by atoms with Gasteiger partial charge in [0.05, 0.1) is 5.69 Å². The van der Waals surface area contributed by atoms with Gasteiger partial charge in [-0.3, -0.25) is 0 Å². The van der Waals surface area contributed by atoms with Gasteiger partial charge < -0.3 is 9.88 Å². The van der Waals surface area contributed by atoms with E-state index in [0.29, 0.717) is 5.92 Å². The highest BCUT2D eigenvalue weighted by Crippen LogP contribution is 2.20. The van der Waals surface area contributed by atoms with E-state index in [4.69, 9.17) is 0 Å². The number of nitrogens with zero attached hydrogens (tertiary/aromatic N) is 2. The summed E-state index contributed by atoms with van der Waals surface area (Å²) in [5.74, 6) is 1.50. The molecule has 0 aliphatic rings. The van der Waals surface area contributed by atoms with Gasteiger partial charge in [-0.1, -0.05) is 35.8 Å². The van der Waals surface area contributed by atoms with Crippen LogP contribution in [0.5, 0.6) is 0 Å². The molecule has 3 nitrogen and oxygen atoms in total. The van der Waals surface area contributed by atoms with Crippen LogP contribution in [0.4, 0.5) is 11.6 Å². The van der Waals surface area contributed by atoms with Crippen LogP contribution in [0.1, 0.15) is 19.5 Å². The lowest BCUT2D eigenvalue weighted by molar-refractivity contribution is 0.527. The zero-order valence-electron chi connectivity index (χ0n) is 10.9. The van der Waals surface area contributed by atoms with Gasteiger partial charge in [-0.2, -0.15) is 0 Å². The summed E-state index contributed by atoms with van der Waals surface area (Å²) in [5.41, 5.74) is 2.08. The van der Waals surface area contributed by atoms with Gasteiger partial charge >= 0.3 is 0 Å². The van der Waals surface area contributed by atoms with Crippen molar-refractivity contribution in [2.75, 3.05) is 5.32 Å². The highest BCUT2D eigenvalue weighted by molar-refractivity contribution is 9.10. The maximum Gasteiger partial charge on any atom is 0.207 e. The Balaban J connectivity index is 2.23. The van der Waals surface area contributed by atoms with Crippen LogP contribution < -0.4 is 5.32 Å². The van der Waals surface area contributed by atoms with Crippen molar-refractivity contribution in [3.8, 4) is 0 Å². The van der Waals surface area contributed by atoms with E-state index < -0.39 is 0 Å². The zero-order valence-corrected chi connectivity index (χ0v) is 12.5. The predicted octanol–water partition coefficient (Wildman–Crippen LogP) is 4.35. The molecule has 0 bridgehead atoms. The summed E-state index contributed by atoms with van der Waals surface area (Å²) in [6, 6.07) is 8.10. The number of imidazole rings is 1. The molecule has 0 atom stereocenters. The maximum atomic E-state index is 4.53. The van der Waals surface area contributed by atoms with Crippen LogP contribution in [0.2, 0.25) is 0 Å². The van der Waals surface area contributed by atoms with Crippen molar-refractivity contribution in [2.45, 2.75) is 27.3 Å². The molecule has 0 fully saturated rings. The Morgan fingerprint density at radius 1 is 1.39 bits per heavy atom. The molecule has 0 radical (unpaired) electrons. The van der Waals surface area contributed by atoms with E-state index in [2.05, 4.69) is 50.8 Å². The Hall–Kier alpha value is -1.29. The number of aromatic nitrogens is 2. The van der Waals surface area contributed by atoms with Crippen molar-refractivity contribution in [3.63, 3.8) is 0 Å². The number of aryl methyl sites for hydroxylation is 1. The molecule has 0 saturated carbocycles. The summed E-state index contributed by atoms with van der Waals surface area (Å²) in [6.07, 6.45) is 2.08. The van der Waals surface area contributed by atoms with Gasteiger partial charge in [0.25, 0.3) is 0 Å². The largest absolute Gasteiger partial charge is 0.326 e. The van der Waals surface area contributed by atoms with E-state index >= 15 is 0 Å². The standard InChI is InChI=1S/C14H18BrN3/c1-10(2)8-18-9-11(3)16-14(18)17-13-6-4-5-12(15)7-13/h4-7,9-10H,8H2,1-3H3,(H,16,17). The Bertz CT molecular complexity index is 532. The molecule has 0 amide bonds. The van der Waals surface area contributed by atoms with Crippen LogP contribution in [0.25, 0.3) is 0 Å². The van der Waals surface area contributed by atoms with Crippen molar-refractivity contribution in [1.82, 2.24) is 9.55 Å². The second-order valence-corrected chi connectivity index (χ2v) is 5.80. The van der Waals surface area contributed by atoms with Gasteiger partial charge in [0.15, 0.2) is 0 Å². The quantitative estimate of drug-likeness (QED) is 0.910. The van der Waals surface area contributed by atoms with Gasteiger partial charge in [-0.15, -0.1) is 0 Å². The van der Waals surface area contributed by atoms with Crippen LogP contribution in [-0.4, -0.2) is 9.55 Å². The minimum Gasteiger partial charge on any atom is -0.326 e. The van der Waals surface area contributed by atoms with E-state index in [0.717, 1.165) is 28.3 Å². The summed E-state index contributed by atoms with van der Waals surface area (Å²) in [7, 11) is 0. The smallest absolute Gasteiger partial charge is 0.207 e. The van der Waals surface area contributed by atoms with E-state index in [9.17, 15) is 0 Å². The lowest BCUT2D eigenvalue weighted by atomic mass is 10.2. The van der Waals surface area contributed by atoms with Crippen molar-refractivity contribution in [3.05, 3.63) is 40.6 Å². The summed E-state index contributed by atoms with van der Waals surface area (Å²) in [6.45, 7) is 7.40. The number of nitrogens with one attached hydrogen (secondary N) is 1. The molecule has 0 saturated heterocycles. The molecule has 4 heteroatoms. The molecule has 0 spiro atoms. The summed E-state index contributed by atoms with van der Waals surface area (Å²) in [4.78, 5) is 4.53. The van der Waals surface area contributed by atoms with Crippen molar-refractivity contribution in [1.29, 1.82) is 0 Å². The minimum absolute atomic E-state index is 0.599. The third-order valence-electron chi connectivity index (χ3n) is 2.54. The molecule has 18 heavy (non-hydrogen) atoms. The second-order valence-electron chi connectivity index (χ2n) is 4.89. The first-order valence-electron chi connectivity index (χ1n) is 6.11. The number of hydrogen-bond donors (Lipinski definition) is 1. The summed E-state index contributed by atoms with van der Waals surface area (Å²) >= 11 is 3.47. The average Bonchev–Trinajstić information content (AvgIpc) is 2.58. The Kier molecular flexibility index (Phi) is 4.07. The molecular weight excluding hydrogens is 290 g/mol. The first-order valence-corrected chi connectivity index (χ1v) is 6.90. The molecular formula is C14H18BrN3. The molecule has 1 N–H and O–H groups in total. The van der Waals surface area contributed by atoms with Crippen molar-refractivity contribution >= 4 is 27.6 Å². The molecule has 1 aromatic carbocycles. The van der Waals surface area contributed by atoms with Gasteiger partial charge in [0.1, 0.15) is 0 Å². The van der Waals surface area contributed by atoms with Gasteiger partial charge in [-0.05, 0) is 31.0 Å². The fourth-order valence-corrected chi connectivity index (χ4v) is 2.27. The molecule has 2 aromatic rings. The highest BCUT2D eigenvalue weighted by atomic mass is 79.9. The van der Waals surface area contributed by atoms with E-state index in [1.807, 2.05) is 31.2 Å². The first kappa shape index (κ1) is 13.1. The maximum absolute atomic E-state index is 4.53. The SMILES string of the molecule is Cc1cn(CC(C)C)c(Nc2cccc(Br)c2)n1. The predicted molar refractivity (Wildman–Crippen MR) is 79.2 cm³/mol. The molecule has 96 valence electrons. The fourth-order valence-electron chi connectivity index (χ4n) is 1.87. The number of rotatable bonds is 4. The van der Waals surface area contributed by atoms with Crippen molar-refractivity contribution < 1.29 is 0 Å². The lowest BCUT2D eigenvalue weighted by Crippen LogP contribution is -2.07. The van der Waals surface area contributed by atoms with Crippen LogP contribution in [0, 0.1) is 12.8 Å². The zero-order chi connectivity index (χ0) is 13.1. The molecule has 0 aliphatic carbocycles. The van der Waals surface area contributed by atoms with Crippen LogP contribution in [-0.2, 0) is 6.54 Å². The van der Waals surface area contributed by atoms with Gasteiger partial charge in [0, 0.05) is 22.9 Å². The topological polar surface area (TPSA) is 29.9 Å². The second kappa shape index (κ2) is 5.57.